The van der Waals surface area contributed by atoms with Crippen molar-refractivity contribution in [2.24, 2.45) is 34.5 Å². The fraction of sp³-hybridized carbons (Fsp3) is 0.727. The first-order valence-corrected chi connectivity index (χ1v) is 9.91. The lowest BCUT2D eigenvalue weighted by Crippen LogP contribution is -2.61. The minimum atomic E-state index is -1.33. The minimum absolute atomic E-state index is 0.0293. The van der Waals surface area contributed by atoms with E-state index < -0.39 is 17.1 Å². The maximum absolute atomic E-state index is 12.3. The summed E-state index contributed by atoms with van der Waals surface area (Å²) in [6.07, 6.45) is 7.46. The average molecular weight is 358 g/mol. The van der Waals surface area contributed by atoms with Crippen molar-refractivity contribution in [3.05, 3.63) is 23.8 Å². The normalized spacial score (nSPS) is 52.8. The van der Waals surface area contributed by atoms with E-state index in [0.717, 1.165) is 18.4 Å². The quantitative estimate of drug-likeness (QED) is 0.756. The van der Waals surface area contributed by atoms with E-state index in [9.17, 15) is 19.8 Å². The highest BCUT2D eigenvalue weighted by molar-refractivity contribution is 6.01. The summed E-state index contributed by atoms with van der Waals surface area (Å²) in [6.45, 7) is 7.79. The van der Waals surface area contributed by atoms with Gasteiger partial charge < -0.3 is 10.2 Å². The second kappa shape index (κ2) is 5.39. The van der Waals surface area contributed by atoms with Crippen LogP contribution in [-0.2, 0) is 9.59 Å². The summed E-state index contributed by atoms with van der Waals surface area (Å²) in [4.78, 5) is 24.2. The number of rotatable bonds is 1. The topological polar surface area (TPSA) is 74.6 Å². The highest BCUT2D eigenvalue weighted by Gasteiger charge is 2.68. The SMILES string of the molecule is CC(=O)[C@@]1(O)CC[C@@H]2[C@@H]3C[C@H](C)C4=CC(=O)C=C[C@]4(C)[C@@H]3[C@@H](O)C[C@]21C. The fourth-order valence-electron chi connectivity index (χ4n) is 7.33. The van der Waals surface area contributed by atoms with Gasteiger partial charge in [-0.2, -0.15) is 0 Å². The number of aliphatic hydroxyl groups excluding tert-OH is 1. The van der Waals surface area contributed by atoms with Crippen molar-refractivity contribution in [1.29, 1.82) is 0 Å². The molecule has 4 rings (SSSR count). The smallest absolute Gasteiger partial charge is 0.178 e. The molecule has 4 aliphatic rings. The van der Waals surface area contributed by atoms with Gasteiger partial charge in [-0.05, 0) is 62.5 Å². The molecule has 2 N–H and O–H groups in total. The number of hydrogen-bond donors (Lipinski definition) is 2. The monoisotopic (exact) mass is 358 g/mol. The Kier molecular flexibility index (Phi) is 3.75. The third-order valence-corrected chi connectivity index (χ3v) is 8.55. The van der Waals surface area contributed by atoms with Crippen molar-refractivity contribution in [3.8, 4) is 0 Å². The van der Waals surface area contributed by atoms with Crippen molar-refractivity contribution in [3.63, 3.8) is 0 Å². The van der Waals surface area contributed by atoms with E-state index in [1.807, 2.05) is 13.0 Å². The number of carbonyl (C=O) groups is 2. The van der Waals surface area contributed by atoms with Crippen LogP contribution in [0.5, 0.6) is 0 Å². The molecule has 0 heterocycles. The number of allylic oxidation sites excluding steroid dienone is 4. The molecule has 0 aromatic carbocycles. The van der Waals surface area contributed by atoms with Crippen molar-refractivity contribution >= 4 is 11.6 Å². The number of ketones is 2. The van der Waals surface area contributed by atoms with Crippen LogP contribution in [0.4, 0.5) is 0 Å². The molecule has 4 nitrogen and oxygen atoms in total. The van der Waals surface area contributed by atoms with E-state index in [1.54, 1.807) is 12.2 Å². The Morgan fingerprint density at radius 3 is 2.65 bits per heavy atom. The third-order valence-electron chi connectivity index (χ3n) is 8.55. The van der Waals surface area contributed by atoms with Gasteiger partial charge in [0.2, 0.25) is 0 Å². The molecule has 0 unspecified atom stereocenters. The molecule has 26 heavy (non-hydrogen) atoms. The average Bonchev–Trinajstić information content (AvgIpc) is 2.81. The number of carbonyl (C=O) groups excluding carboxylic acids is 2. The Morgan fingerprint density at radius 2 is 2.00 bits per heavy atom. The van der Waals surface area contributed by atoms with Crippen LogP contribution in [0.25, 0.3) is 0 Å². The first-order chi connectivity index (χ1) is 12.0. The van der Waals surface area contributed by atoms with Gasteiger partial charge in [-0.25, -0.2) is 0 Å². The molecule has 0 aromatic rings. The summed E-state index contributed by atoms with van der Waals surface area (Å²) in [5, 5.41) is 22.4. The van der Waals surface area contributed by atoms with Crippen LogP contribution in [0.3, 0.4) is 0 Å². The van der Waals surface area contributed by atoms with E-state index in [-0.39, 0.29) is 40.7 Å². The van der Waals surface area contributed by atoms with Crippen molar-refractivity contribution in [2.75, 3.05) is 0 Å². The van der Waals surface area contributed by atoms with Gasteiger partial charge in [0.05, 0.1) is 6.10 Å². The van der Waals surface area contributed by atoms with Crippen LogP contribution < -0.4 is 0 Å². The summed E-state index contributed by atoms with van der Waals surface area (Å²) in [7, 11) is 0. The molecule has 0 saturated heterocycles. The summed E-state index contributed by atoms with van der Waals surface area (Å²) < 4.78 is 0. The predicted molar refractivity (Wildman–Crippen MR) is 98.2 cm³/mol. The molecule has 0 bridgehead atoms. The number of hydrogen-bond acceptors (Lipinski definition) is 4. The van der Waals surface area contributed by atoms with Gasteiger partial charge in [0.1, 0.15) is 5.60 Å². The molecular weight excluding hydrogens is 328 g/mol. The molecule has 0 aliphatic heterocycles. The van der Waals surface area contributed by atoms with Gasteiger partial charge in [-0.3, -0.25) is 9.59 Å². The van der Waals surface area contributed by atoms with Gasteiger partial charge in [-0.1, -0.05) is 32.4 Å². The van der Waals surface area contributed by atoms with E-state index >= 15 is 0 Å². The van der Waals surface area contributed by atoms with Crippen LogP contribution >= 0.6 is 0 Å². The second-order valence-corrected chi connectivity index (χ2v) is 9.70. The molecule has 142 valence electrons. The van der Waals surface area contributed by atoms with Crippen LogP contribution in [0.1, 0.15) is 53.4 Å². The Morgan fingerprint density at radius 1 is 1.31 bits per heavy atom. The molecule has 0 aromatic heterocycles. The zero-order chi connectivity index (χ0) is 19.1. The first-order valence-electron chi connectivity index (χ1n) is 9.91. The van der Waals surface area contributed by atoms with Gasteiger partial charge in [0, 0.05) is 16.7 Å². The number of aliphatic hydroxyl groups is 2. The fourth-order valence-corrected chi connectivity index (χ4v) is 7.33. The largest absolute Gasteiger partial charge is 0.393 e. The summed E-state index contributed by atoms with van der Waals surface area (Å²) in [5.41, 5.74) is -1.10. The van der Waals surface area contributed by atoms with E-state index in [2.05, 4.69) is 13.8 Å². The molecule has 0 radical (unpaired) electrons. The molecule has 4 heteroatoms. The van der Waals surface area contributed by atoms with Gasteiger partial charge in [-0.15, -0.1) is 0 Å². The predicted octanol–water partition coefficient (Wildman–Crippen LogP) is 2.83. The molecule has 3 fully saturated rings. The summed E-state index contributed by atoms with van der Waals surface area (Å²) in [6, 6.07) is 0. The van der Waals surface area contributed by atoms with Gasteiger partial charge in [0.15, 0.2) is 11.6 Å². The standard InChI is InChI=1S/C22H30O4/c1-12-9-15-16-6-8-22(26,13(2)23)21(16,4)11-18(25)19(15)20(3)7-5-14(24)10-17(12)20/h5,7,10,12,15-16,18-19,25-26H,6,8-9,11H2,1-4H3/t12-,15-,16+,18-,19-,20-,21+,22-/m0/s1. The highest BCUT2D eigenvalue weighted by atomic mass is 16.3. The molecule has 3 saturated carbocycles. The lowest BCUT2D eigenvalue weighted by atomic mass is 9.45. The molecule has 0 spiro atoms. The van der Waals surface area contributed by atoms with Crippen LogP contribution in [0, 0.1) is 34.5 Å². The molecule has 4 aliphatic carbocycles. The minimum Gasteiger partial charge on any atom is -0.393 e. The summed E-state index contributed by atoms with van der Waals surface area (Å²) in [5.74, 6) is 0.609. The summed E-state index contributed by atoms with van der Waals surface area (Å²) >= 11 is 0. The van der Waals surface area contributed by atoms with Crippen molar-refractivity contribution in [2.45, 2.75) is 65.1 Å². The van der Waals surface area contributed by atoms with Crippen LogP contribution in [0.15, 0.2) is 23.8 Å². The van der Waals surface area contributed by atoms with Crippen LogP contribution in [0.2, 0.25) is 0 Å². The molecular formula is C22H30O4. The first kappa shape index (κ1) is 18.1. The number of fused-ring (bicyclic) bond motifs is 5. The van der Waals surface area contributed by atoms with Crippen LogP contribution in [-0.4, -0.2) is 33.5 Å². The lowest BCUT2D eigenvalue weighted by molar-refractivity contribution is -0.176. The molecule has 8 atom stereocenters. The maximum atomic E-state index is 12.3. The zero-order valence-corrected chi connectivity index (χ0v) is 16.2. The lowest BCUT2D eigenvalue weighted by Gasteiger charge is -2.60. The Hall–Kier alpha value is -1.26. The van der Waals surface area contributed by atoms with Gasteiger partial charge >= 0.3 is 0 Å². The second-order valence-electron chi connectivity index (χ2n) is 9.70. The van der Waals surface area contributed by atoms with E-state index in [0.29, 0.717) is 12.8 Å². The van der Waals surface area contributed by atoms with Crippen molar-refractivity contribution < 1.29 is 19.8 Å². The maximum Gasteiger partial charge on any atom is 0.178 e. The van der Waals surface area contributed by atoms with E-state index in [1.165, 1.54) is 6.92 Å². The zero-order valence-electron chi connectivity index (χ0n) is 16.2. The van der Waals surface area contributed by atoms with Crippen molar-refractivity contribution in [1.82, 2.24) is 0 Å². The Bertz CT molecular complexity index is 736. The van der Waals surface area contributed by atoms with E-state index in [4.69, 9.17) is 0 Å². The highest BCUT2D eigenvalue weighted by Crippen LogP contribution is 2.67. The third kappa shape index (κ3) is 2.03. The Balaban J connectivity index is 1.80. The number of Topliss-reactive ketones (excluding diaryl/α,β-unsaturated/α-hetero) is 1. The van der Waals surface area contributed by atoms with Gasteiger partial charge in [0.25, 0.3) is 0 Å². The molecule has 0 amide bonds. The Labute approximate surface area is 155 Å².